The largest absolute Gasteiger partial charge is 0.337 e. The molecular formula is C17H18F2N2O3S. The van der Waals surface area contributed by atoms with Gasteiger partial charge in [0, 0.05) is 30.8 Å². The van der Waals surface area contributed by atoms with Gasteiger partial charge in [0.05, 0.1) is 11.9 Å². The molecule has 5 nitrogen and oxygen atoms in total. The number of nitrogens with zero attached hydrogens (tertiary/aromatic N) is 1. The van der Waals surface area contributed by atoms with Gasteiger partial charge in [0.15, 0.2) is 0 Å². The van der Waals surface area contributed by atoms with Crippen molar-refractivity contribution >= 4 is 21.6 Å². The van der Waals surface area contributed by atoms with Gasteiger partial charge in [-0.2, -0.15) is 0 Å². The minimum atomic E-state index is -3.48. The van der Waals surface area contributed by atoms with Crippen molar-refractivity contribution in [3.8, 4) is 0 Å². The number of hydrogen-bond donors (Lipinski definition) is 1. The Labute approximate surface area is 145 Å². The van der Waals surface area contributed by atoms with Crippen LogP contribution in [-0.4, -0.2) is 32.5 Å². The molecule has 1 amide bonds. The molecule has 1 N–H and O–H groups in total. The van der Waals surface area contributed by atoms with Crippen molar-refractivity contribution in [3.05, 3.63) is 64.7 Å². The number of carbonyl (C=O) groups is 1. The topological polar surface area (TPSA) is 66.5 Å². The fraction of sp³-hybridized carbons (Fsp3) is 0.235. The van der Waals surface area contributed by atoms with E-state index in [1.807, 2.05) is 0 Å². The molecule has 0 saturated heterocycles. The van der Waals surface area contributed by atoms with E-state index in [2.05, 4.69) is 4.72 Å². The van der Waals surface area contributed by atoms with Crippen molar-refractivity contribution in [2.75, 3.05) is 18.0 Å². The molecule has 0 heterocycles. The maximum absolute atomic E-state index is 13.7. The lowest BCUT2D eigenvalue weighted by molar-refractivity contribution is 0.0784. The highest BCUT2D eigenvalue weighted by atomic mass is 32.2. The fourth-order valence-corrected chi connectivity index (χ4v) is 2.88. The van der Waals surface area contributed by atoms with Gasteiger partial charge >= 0.3 is 0 Å². The summed E-state index contributed by atoms with van der Waals surface area (Å²) in [4.78, 5) is 13.8. The fourth-order valence-electron chi connectivity index (χ4n) is 2.26. The van der Waals surface area contributed by atoms with E-state index < -0.39 is 27.6 Å². The number of aryl methyl sites for hydroxylation is 1. The Balaban J connectivity index is 2.23. The molecule has 0 atom stereocenters. The Morgan fingerprint density at radius 1 is 1.16 bits per heavy atom. The second-order valence-electron chi connectivity index (χ2n) is 5.80. The van der Waals surface area contributed by atoms with E-state index in [0.717, 1.165) is 18.4 Å². The summed E-state index contributed by atoms with van der Waals surface area (Å²) in [7, 11) is -2.00. The SMILES string of the molecule is Cc1ccc(C(=O)N(C)Cc2ccc(F)cc2F)cc1NS(C)(=O)=O. The zero-order valence-corrected chi connectivity index (χ0v) is 14.8. The molecule has 0 fully saturated rings. The summed E-state index contributed by atoms with van der Waals surface area (Å²) >= 11 is 0. The Hall–Kier alpha value is -2.48. The number of sulfonamides is 1. The van der Waals surface area contributed by atoms with Crippen LogP contribution in [0.5, 0.6) is 0 Å². The first kappa shape index (κ1) is 18.9. The Bertz CT molecular complexity index is 914. The summed E-state index contributed by atoms with van der Waals surface area (Å²) < 4.78 is 51.8. The van der Waals surface area contributed by atoms with Crippen LogP contribution < -0.4 is 4.72 Å². The molecule has 134 valence electrons. The Morgan fingerprint density at radius 2 is 1.84 bits per heavy atom. The summed E-state index contributed by atoms with van der Waals surface area (Å²) in [5.41, 5.74) is 1.39. The lowest BCUT2D eigenvalue weighted by atomic mass is 10.1. The van der Waals surface area contributed by atoms with Crippen LogP contribution in [0.4, 0.5) is 14.5 Å². The average molecular weight is 368 g/mol. The van der Waals surface area contributed by atoms with E-state index in [-0.39, 0.29) is 17.7 Å². The first-order valence-corrected chi connectivity index (χ1v) is 9.24. The minimum Gasteiger partial charge on any atom is -0.337 e. The molecule has 0 saturated carbocycles. The third kappa shape index (κ3) is 4.99. The van der Waals surface area contributed by atoms with Crippen LogP contribution in [0.25, 0.3) is 0 Å². The van der Waals surface area contributed by atoms with Crippen LogP contribution in [0.15, 0.2) is 36.4 Å². The normalized spacial score (nSPS) is 11.2. The van der Waals surface area contributed by atoms with Crippen molar-refractivity contribution in [1.82, 2.24) is 4.90 Å². The van der Waals surface area contributed by atoms with Gasteiger partial charge < -0.3 is 4.90 Å². The van der Waals surface area contributed by atoms with Gasteiger partial charge in [-0.25, -0.2) is 17.2 Å². The predicted molar refractivity (Wildman–Crippen MR) is 91.8 cm³/mol. The summed E-state index contributed by atoms with van der Waals surface area (Å²) in [6, 6.07) is 7.76. The van der Waals surface area contributed by atoms with Gasteiger partial charge in [0.1, 0.15) is 11.6 Å². The first-order valence-electron chi connectivity index (χ1n) is 7.34. The molecular weight excluding hydrogens is 350 g/mol. The van der Waals surface area contributed by atoms with E-state index in [9.17, 15) is 22.0 Å². The monoisotopic (exact) mass is 368 g/mol. The van der Waals surface area contributed by atoms with Crippen molar-refractivity contribution in [3.63, 3.8) is 0 Å². The lowest BCUT2D eigenvalue weighted by Gasteiger charge is -2.19. The Morgan fingerprint density at radius 3 is 2.44 bits per heavy atom. The molecule has 0 aromatic heterocycles. The van der Waals surface area contributed by atoms with Gasteiger partial charge in [0.25, 0.3) is 5.91 Å². The quantitative estimate of drug-likeness (QED) is 0.882. The smallest absolute Gasteiger partial charge is 0.253 e. The summed E-state index contributed by atoms with van der Waals surface area (Å²) in [5, 5.41) is 0. The average Bonchev–Trinajstić information content (AvgIpc) is 2.50. The van der Waals surface area contributed by atoms with Gasteiger partial charge in [0.2, 0.25) is 10.0 Å². The summed E-state index contributed by atoms with van der Waals surface area (Å²) in [6.07, 6.45) is 1.02. The molecule has 0 aliphatic heterocycles. The molecule has 2 rings (SSSR count). The number of benzene rings is 2. The molecule has 0 spiro atoms. The minimum absolute atomic E-state index is 0.0480. The van der Waals surface area contributed by atoms with Crippen LogP contribution >= 0.6 is 0 Å². The van der Waals surface area contributed by atoms with E-state index >= 15 is 0 Å². The van der Waals surface area contributed by atoms with E-state index in [4.69, 9.17) is 0 Å². The molecule has 0 radical (unpaired) electrons. The van der Waals surface area contributed by atoms with Crippen LogP contribution in [0.1, 0.15) is 21.5 Å². The predicted octanol–water partition coefficient (Wildman–Crippen LogP) is 2.92. The van der Waals surface area contributed by atoms with Crippen LogP contribution in [0.3, 0.4) is 0 Å². The third-order valence-corrected chi connectivity index (χ3v) is 4.14. The highest BCUT2D eigenvalue weighted by Gasteiger charge is 2.16. The van der Waals surface area contributed by atoms with Crippen LogP contribution in [0.2, 0.25) is 0 Å². The molecule has 25 heavy (non-hydrogen) atoms. The van der Waals surface area contributed by atoms with Crippen LogP contribution in [0, 0.1) is 18.6 Å². The molecule has 0 unspecified atom stereocenters. The molecule has 2 aromatic rings. The second kappa shape index (κ2) is 7.18. The zero-order chi connectivity index (χ0) is 18.8. The zero-order valence-electron chi connectivity index (χ0n) is 14.0. The van der Waals surface area contributed by atoms with Crippen molar-refractivity contribution < 1.29 is 22.0 Å². The molecule has 0 aliphatic carbocycles. The van der Waals surface area contributed by atoms with Crippen LogP contribution in [-0.2, 0) is 16.6 Å². The number of anilines is 1. The lowest BCUT2D eigenvalue weighted by Crippen LogP contribution is -2.27. The van der Waals surface area contributed by atoms with Gasteiger partial charge in [-0.1, -0.05) is 12.1 Å². The highest BCUT2D eigenvalue weighted by Crippen LogP contribution is 2.20. The van der Waals surface area contributed by atoms with Crippen molar-refractivity contribution in [2.24, 2.45) is 0 Å². The summed E-state index contributed by atoms with van der Waals surface area (Å²) in [5.74, 6) is -1.84. The number of nitrogens with one attached hydrogen (secondary N) is 1. The number of rotatable bonds is 5. The van der Waals surface area contributed by atoms with Crippen molar-refractivity contribution in [2.45, 2.75) is 13.5 Å². The highest BCUT2D eigenvalue weighted by molar-refractivity contribution is 7.92. The maximum Gasteiger partial charge on any atom is 0.253 e. The standard InChI is InChI=1S/C17H18F2N2O3S/c1-11-4-5-12(8-16(11)20-25(3,23)24)17(22)21(2)10-13-6-7-14(18)9-15(13)19/h4-9,20H,10H2,1-3H3. The molecule has 0 aliphatic rings. The Kier molecular flexibility index (Phi) is 5.42. The first-order chi connectivity index (χ1) is 11.6. The number of amides is 1. The van der Waals surface area contributed by atoms with E-state index in [0.29, 0.717) is 11.3 Å². The second-order valence-corrected chi connectivity index (χ2v) is 7.55. The summed E-state index contributed by atoms with van der Waals surface area (Å²) in [6.45, 7) is 1.66. The maximum atomic E-state index is 13.7. The van der Waals surface area contributed by atoms with E-state index in [1.54, 1.807) is 19.1 Å². The van der Waals surface area contributed by atoms with Gasteiger partial charge in [-0.05, 0) is 30.7 Å². The molecule has 8 heteroatoms. The van der Waals surface area contributed by atoms with Gasteiger partial charge in [-0.15, -0.1) is 0 Å². The third-order valence-electron chi connectivity index (χ3n) is 3.55. The number of hydrogen-bond acceptors (Lipinski definition) is 3. The van der Waals surface area contributed by atoms with Crippen molar-refractivity contribution in [1.29, 1.82) is 0 Å². The number of halogens is 2. The molecule has 2 aromatic carbocycles. The molecule has 0 bridgehead atoms. The van der Waals surface area contributed by atoms with Gasteiger partial charge in [-0.3, -0.25) is 9.52 Å². The van der Waals surface area contributed by atoms with E-state index in [1.165, 1.54) is 24.1 Å². The number of carbonyl (C=O) groups excluding carboxylic acids is 1.